The van der Waals surface area contributed by atoms with Crippen molar-refractivity contribution in [2.45, 2.75) is 10.1 Å². The molecule has 6 nitrogen and oxygen atoms in total. The smallest absolute Gasteiger partial charge is 0.266 e. The Morgan fingerprint density at radius 1 is 0.833 bits per heavy atom. The minimum absolute atomic E-state index is 0.207. The fraction of sp³-hybridized carbons (Fsp3) is 0. The van der Waals surface area contributed by atoms with Crippen molar-refractivity contribution >= 4 is 34.5 Å². The average molecular weight is 432 g/mol. The van der Waals surface area contributed by atoms with Crippen LogP contribution >= 0.6 is 23.4 Å². The molecule has 0 spiro atoms. The second kappa shape index (κ2) is 7.78. The van der Waals surface area contributed by atoms with Gasteiger partial charge in [0, 0.05) is 9.92 Å². The van der Waals surface area contributed by atoms with Crippen LogP contribution in [0.3, 0.4) is 0 Å². The molecule has 0 unspecified atom stereocenters. The highest BCUT2D eigenvalue weighted by Gasteiger charge is 2.19. The SMILES string of the molecule is O=c1c2nnn(-c3ccccc3)c2nc(Sc2cccc(Cl)c2)n1-c1ccccc1. The highest BCUT2D eigenvalue weighted by atomic mass is 35.5. The first-order valence-electron chi connectivity index (χ1n) is 9.13. The number of hydrogen-bond acceptors (Lipinski definition) is 5. The maximum atomic E-state index is 13.4. The fourth-order valence-electron chi connectivity index (χ4n) is 3.10. The lowest BCUT2D eigenvalue weighted by Crippen LogP contribution is -2.22. The molecule has 0 atom stereocenters. The van der Waals surface area contributed by atoms with E-state index in [1.165, 1.54) is 11.8 Å². The second-order valence-electron chi connectivity index (χ2n) is 6.44. The van der Waals surface area contributed by atoms with Gasteiger partial charge in [0.1, 0.15) is 0 Å². The Kier molecular flexibility index (Phi) is 4.82. The summed E-state index contributed by atoms with van der Waals surface area (Å²) in [6.45, 7) is 0. The van der Waals surface area contributed by atoms with Crippen LogP contribution in [0.15, 0.2) is 99.8 Å². The van der Waals surface area contributed by atoms with Gasteiger partial charge >= 0.3 is 0 Å². The molecule has 30 heavy (non-hydrogen) atoms. The molecule has 0 aliphatic rings. The Bertz CT molecular complexity index is 1400. The summed E-state index contributed by atoms with van der Waals surface area (Å²) in [4.78, 5) is 19.1. The van der Waals surface area contributed by atoms with Gasteiger partial charge in [-0.15, -0.1) is 5.10 Å². The molecule has 0 fully saturated rings. The summed E-state index contributed by atoms with van der Waals surface area (Å²) in [7, 11) is 0. The largest absolute Gasteiger partial charge is 0.288 e. The maximum absolute atomic E-state index is 13.4. The van der Waals surface area contributed by atoms with Crippen molar-refractivity contribution in [2.24, 2.45) is 0 Å². The van der Waals surface area contributed by atoms with Crippen LogP contribution in [-0.2, 0) is 0 Å². The molecule has 0 saturated heterocycles. The summed E-state index contributed by atoms with van der Waals surface area (Å²) in [6.07, 6.45) is 0. The number of para-hydroxylation sites is 2. The molecule has 146 valence electrons. The minimum atomic E-state index is -0.280. The third-order valence-corrected chi connectivity index (χ3v) is 5.65. The monoisotopic (exact) mass is 431 g/mol. The van der Waals surface area contributed by atoms with Crippen molar-refractivity contribution in [3.8, 4) is 11.4 Å². The van der Waals surface area contributed by atoms with Gasteiger partial charge in [-0.1, -0.05) is 71.0 Å². The van der Waals surface area contributed by atoms with E-state index in [4.69, 9.17) is 16.6 Å². The first-order valence-corrected chi connectivity index (χ1v) is 10.3. The van der Waals surface area contributed by atoms with Gasteiger partial charge in [0.15, 0.2) is 16.3 Å². The Balaban J connectivity index is 1.77. The third kappa shape index (κ3) is 3.38. The molecule has 2 heterocycles. The molecule has 0 N–H and O–H groups in total. The van der Waals surface area contributed by atoms with Gasteiger partial charge in [0.2, 0.25) is 0 Å². The summed E-state index contributed by atoms with van der Waals surface area (Å²) in [6, 6.07) is 26.3. The fourth-order valence-corrected chi connectivity index (χ4v) is 4.31. The number of nitrogens with zero attached hydrogens (tertiary/aromatic N) is 5. The molecule has 2 aromatic heterocycles. The first kappa shape index (κ1) is 18.6. The molecule has 3 aromatic carbocycles. The van der Waals surface area contributed by atoms with Crippen LogP contribution in [0.4, 0.5) is 0 Å². The Morgan fingerprint density at radius 3 is 2.23 bits per heavy atom. The molecule has 0 saturated carbocycles. The quantitative estimate of drug-likeness (QED) is 0.383. The second-order valence-corrected chi connectivity index (χ2v) is 7.92. The molecular formula is C22H14ClN5OS. The summed E-state index contributed by atoms with van der Waals surface area (Å²) in [5.41, 5.74) is 1.82. The number of rotatable bonds is 4. The highest BCUT2D eigenvalue weighted by Crippen LogP contribution is 2.30. The molecule has 8 heteroatoms. The number of benzene rings is 3. The molecule has 0 bridgehead atoms. The van der Waals surface area contributed by atoms with E-state index in [2.05, 4.69) is 10.3 Å². The molecule has 0 aliphatic carbocycles. The molecule has 0 radical (unpaired) electrons. The van der Waals surface area contributed by atoms with Crippen molar-refractivity contribution in [1.82, 2.24) is 24.5 Å². The van der Waals surface area contributed by atoms with Crippen LogP contribution in [0.25, 0.3) is 22.5 Å². The summed E-state index contributed by atoms with van der Waals surface area (Å²) in [5, 5.41) is 9.43. The van der Waals surface area contributed by atoms with Gasteiger partial charge in [0.25, 0.3) is 5.56 Å². The van der Waals surface area contributed by atoms with E-state index < -0.39 is 0 Å². The molecule has 0 amide bonds. The standard InChI is InChI=1S/C22H14ClN5OS/c23-15-8-7-13-18(14-15)30-22-24-20-19(21(29)27(22)16-9-3-1-4-10-16)25-26-28(20)17-11-5-2-6-12-17/h1-14H. The Labute approximate surface area is 180 Å². The Morgan fingerprint density at radius 2 is 1.53 bits per heavy atom. The van der Waals surface area contributed by atoms with Crippen molar-refractivity contribution in [2.75, 3.05) is 0 Å². The average Bonchev–Trinajstić information content (AvgIpc) is 3.19. The number of fused-ring (bicyclic) bond motifs is 1. The number of aromatic nitrogens is 5. The van der Waals surface area contributed by atoms with Crippen LogP contribution in [0.1, 0.15) is 0 Å². The van der Waals surface area contributed by atoms with E-state index in [0.717, 1.165) is 10.6 Å². The van der Waals surface area contributed by atoms with Gasteiger partial charge < -0.3 is 0 Å². The van der Waals surface area contributed by atoms with Crippen LogP contribution < -0.4 is 5.56 Å². The zero-order valence-electron chi connectivity index (χ0n) is 15.5. The number of hydrogen-bond donors (Lipinski definition) is 0. The van der Waals surface area contributed by atoms with Crippen molar-refractivity contribution < 1.29 is 0 Å². The van der Waals surface area contributed by atoms with Crippen molar-refractivity contribution in [3.05, 3.63) is 100 Å². The lowest BCUT2D eigenvalue weighted by molar-refractivity contribution is 0.794. The zero-order chi connectivity index (χ0) is 20.5. The zero-order valence-corrected chi connectivity index (χ0v) is 17.1. The van der Waals surface area contributed by atoms with Gasteiger partial charge in [-0.25, -0.2) is 4.98 Å². The van der Waals surface area contributed by atoms with Gasteiger partial charge in [0.05, 0.1) is 11.4 Å². The normalized spacial score (nSPS) is 11.1. The predicted octanol–water partition coefficient (Wildman–Crippen LogP) is 4.77. The van der Waals surface area contributed by atoms with Crippen molar-refractivity contribution in [3.63, 3.8) is 0 Å². The molecule has 5 rings (SSSR count). The highest BCUT2D eigenvalue weighted by molar-refractivity contribution is 7.99. The maximum Gasteiger partial charge on any atom is 0.288 e. The van der Waals surface area contributed by atoms with Crippen LogP contribution in [0, 0.1) is 0 Å². The van der Waals surface area contributed by atoms with E-state index in [-0.39, 0.29) is 11.1 Å². The van der Waals surface area contributed by atoms with Crippen molar-refractivity contribution in [1.29, 1.82) is 0 Å². The summed E-state index contributed by atoms with van der Waals surface area (Å²) in [5.74, 6) is 0. The van der Waals surface area contributed by atoms with Crippen LogP contribution in [-0.4, -0.2) is 24.5 Å². The minimum Gasteiger partial charge on any atom is -0.266 e. The lowest BCUT2D eigenvalue weighted by Gasteiger charge is -2.12. The van der Waals surface area contributed by atoms with E-state index in [9.17, 15) is 4.79 Å². The Hall–Kier alpha value is -3.42. The van der Waals surface area contributed by atoms with Crippen LogP contribution in [0.2, 0.25) is 5.02 Å². The van der Waals surface area contributed by atoms with E-state index >= 15 is 0 Å². The summed E-state index contributed by atoms with van der Waals surface area (Å²) < 4.78 is 3.13. The van der Waals surface area contributed by atoms with Gasteiger partial charge in [-0.05, 0) is 42.5 Å². The van der Waals surface area contributed by atoms with Crippen LogP contribution in [0.5, 0.6) is 0 Å². The first-order chi connectivity index (χ1) is 14.7. The van der Waals surface area contributed by atoms with Gasteiger partial charge in [-0.2, -0.15) is 4.68 Å². The summed E-state index contributed by atoms with van der Waals surface area (Å²) >= 11 is 7.51. The van der Waals surface area contributed by atoms with E-state index in [1.807, 2.05) is 78.9 Å². The molecule has 5 aromatic rings. The molecule has 0 aliphatic heterocycles. The lowest BCUT2D eigenvalue weighted by atomic mass is 10.3. The van der Waals surface area contributed by atoms with Gasteiger partial charge in [-0.3, -0.25) is 9.36 Å². The number of halogens is 1. The third-order valence-electron chi connectivity index (χ3n) is 4.47. The topological polar surface area (TPSA) is 65.6 Å². The van der Waals surface area contributed by atoms with E-state index in [1.54, 1.807) is 15.3 Å². The molecular weight excluding hydrogens is 418 g/mol. The predicted molar refractivity (Wildman–Crippen MR) is 118 cm³/mol. The van der Waals surface area contributed by atoms with E-state index in [0.29, 0.717) is 21.5 Å².